The number of carbonyl (C=O) groups excluding carboxylic acids is 1. The van der Waals surface area contributed by atoms with Crippen LogP contribution in [0.1, 0.15) is 36.8 Å². The van der Waals surface area contributed by atoms with E-state index < -0.39 is 0 Å². The van der Waals surface area contributed by atoms with Crippen molar-refractivity contribution < 1.29 is 9.90 Å². The Kier molecular flexibility index (Phi) is 3.98. The average molecular weight is 283 g/mol. The molecular weight excluding hydrogens is 262 g/mol. The lowest BCUT2D eigenvalue weighted by atomic mass is 9.88. The third kappa shape index (κ3) is 2.96. The number of hydrogen-bond donors (Lipinski definition) is 2. The number of hydrogen-bond acceptors (Lipinski definition) is 2. The summed E-state index contributed by atoms with van der Waals surface area (Å²) in [6.45, 7) is 1.84. The maximum absolute atomic E-state index is 12.4. The maximum Gasteiger partial charge on any atom is 0.227 e. The molecule has 3 heteroatoms. The van der Waals surface area contributed by atoms with E-state index in [0.29, 0.717) is 5.92 Å². The van der Waals surface area contributed by atoms with Crippen LogP contribution in [0.25, 0.3) is 0 Å². The quantitative estimate of drug-likeness (QED) is 0.820. The zero-order valence-electron chi connectivity index (χ0n) is 12.4. The van der Waals surface area contributed by atoms with Crippen molar-refractivity contribution in [3.63, 3.8) is 0 Å². The maximum atomic E-state index is 12.4. The summed E-state index contributed by atoms with van der Waals surface area (Å²) in [5.74, 6) is 7.28. The first-order valence-electron chi connectivity index (χ1n) is 7.68. The van der Waals surface area contributed by atoms with Gasteiger partial charge in [0.15, 0.2) is 0 Å². The van der Waals surface area contributed by atoms with E-state index in [9.17, 15) is 4.79 Å². The molecule has 1 aromatic rings. The Morgan fingerprint density at radius 3 is 2.86 bits per heavy atom. The van der Waals surface area contributed by atoms with E-state index in [4.69, 9.17) is 5.11 Å². The normalized spacial score (nSPS) is 26.3. The summed E-state index contributed by atoms with van der Waals surface area (Å²) >= 11 is 0. The molecule has 0 aromatic heterocycles. The van der Waals surface area contributed by atoms with Crippen LogP contribution in [-0.2, 0) is 4.79 Å². The van der Waals surface area contributed by atoms with E-state index in [0.717, 1.165) is 29.2 Å². The predicted molar refractivity (Wildman–Crippen MR) is 82.7 cm³/mol. The second-order valence-corrected chi connectivity index (χ2v) is 6.26. The van der Waals surface area contributed by atoms with Crippen LogP contribution in [0.4, 0.5) is 5.69 Å². The Bertz CT molecular complexity index is 611. The molecule has 2 aliphatic carbocycles. The molecule has 0 heterocycles. The van der Waals surface area contributed by atoms with Gasteiger partial charge >= 0.3 is 0 Å². The minimum absolute atomic E-state index is 0.137. The fourth-order valence-electron chi connectivity index (χ4n) is 3.81. The SMILES string of the molecule is Cc1cc(C#CCO)ccc1NC(=O)C1CC2CCC1C2. The Hall–Kier alpha value is -1.79. The van der Waals surface area contributed by atoms with Gasteiger partial charge in [0, 0.05) is 17.2 Å². The summed E-state index contributed by atoms with van der Waals surface area (Å²) < 4.78 is 0. The summed E-state index contributed by atoms with van der Waals surface area (Å²) in [5.41, 5.74) is 2.74. The van der Waals surface area contributed by atoms with Gasteiger partial charge < -0.3 is 10.4 Å². The summed E-state index contributed by atoms with van der Waals surface area (Å²) in [6.07, 6.45) is 4.84. The third-order valence-corrected chi connectivity index (χ3v) is 4.87. The lowest BCUT2D eigenvalue weighted by Gasteiger charge is -2.21. The number of anilines is 1. The van der Waals surface area contributed by atoms with Crippen LogP contribution >= 0.6 is 0 Å². The summed E-state index contributed by atoms with van der Waals surface area (Å²) in [4.78, 5) is 12.4. The zero-order valence-corrected chi connectivity index (χ0v) is 12.4. The van der Waals surface area contributed by atoms with Crippen molar-refractivity contribution in [3.05, 3.63) is 29.3 Å². The van der Waals surface area contributed by atoms with Crippen molar-refractivity contribution in [1.29, 1.82) is 0 Å². The molecule has 2 saturated carbocycles. The smallest absolute Gasteiger partial charge is 0.227 e. The summed E-state index contributed by atoms with van der Waals surface area (Å²) in [5, 5.41) is 11.8. The molecular formula is C18H21NO2. The largest absolute Gasteiger partial charge is 0.384 e. The van der Waals surface area contributed by atoms with Crippen LogP contribution in [0.2, 0.25) is 0 Å². The fourth-order valence-corrected chi connectivity index (χ4v) is 3.81. The first-order valence-corrected chi connectivity index (χ1v) is 7.68. The molecule has 0 aliphatic heterocycles. The van der Waals surface area contributed by atoms with Gasteiger partial charge in [-0.3, -0.25) is 4.79 Å². The molecule has 3 atom stereocenters. The highest BCUT2D eigenvalue weighted by Crippen LogP contribution is 2.48. The first kappa shape index (κ1) is 14.2. The Balaban J connectivity index is 1.68. The van der Waals surface area contributed by atoms with Crippen LogP contribution in [0.5, 0.6) is 0 Å². The number of amides is 1. The van der Waals surface area contributed by atoms with E-state index in [1.54, 1.807) is 0 Å². The number of carbonyl (C=O) groups is 1. The highest BCUT2D eigenvalue weighted by atomic mass is 16.2. The monoisotopic (exact) mass is 283 g/mol. The van der Waals surface area contributed by atoms with Gasteiger partial charge in [-0.05, 0) is 61.8 Å². The van der Waals surface area contributed by atoms with Crippen molar-refractivity contribution in [1.82, 2.24) is 0 Å². The third-order valence-electron chi connectivity index (χ3n) is 4.87. The molecule has 3 rings (SSSR count). The number of aliphatic hydroxyl groups excluding tert-OH is 1. The van der Waals surface area contributed by atoms with Crippen LogP contribution in [0, 0.1) is 36.5 Å². The van der Waals surface area contributed by atoms with Gasteiger partial charge in [-0.15, -0.1) is 0 Å². The van der Waals surface area contributed by atoms with E-state index in [1.807, 2.05) is 25.1 Å². The van der Waals surface area contributed by atoms with Crippen molar-refractivity contribution in [3.8, 4) is 11.8 Å². The lowest BCUT2D eigenvalue weighted by Crippen LogP contribution is -2.27. The van der Waals surface area contributed by atoms with Gasteiger partial charge in [0.1, 0.15) is 6.61 Å². The molecule has 1 aromatic carbocycles. The van der Waals surface area contributed by atoms with E-state index in [1.165, 1.54) is 19.3 Å². The number of aryl methyl sites for hydroxylation is 1. The molecule has 1 amide bonds. The van der Waals surface area contributed by atoms with Gasteiger partial charge in [-0.1, -0.05) is 18.3 Å². The molecule has 0 radical (unpaired) electrons. The molecule has 110 valence electrons. The highest BCUT2D eigenvalue weighted by molar-refractivity contribution is 5.93. The van der Waals surface area contributed by atoms with E-state index in [-0.39, 0.29) is 18.4 Å². The standard InChI is InChI=1S/C18H21NO2/c1-12-9-13(3-2-8-20)5-7-17(12)19-18(21)16-11-14-4-6-15(16)10-14/h5,7,9,14-16,20H,4,6,8,10-11H2,1H3,(H,19,21). The number of benzene rings is 1. The summed E-state index contributed by atoms with van der Waals surface area (Å²) in [6, 6.07) is 5.73. The van der Waals surface area contributed by atoms with Gasteiger partial charge in [0.05, 0.1) is 0 Å². The van der Waals surface area contributed by atoms with Crippen LogP contribution in [-0.4, -0.2) is 17.6 Å². The molecule has 21 heavy (non-hydrogen) atoms. The van der Waals surface area contributed by atoms with Crippen molar-refractivity contribution >= 4 is 11.6 Å². The van der Waals surface area contributed by atoms with E-state index in [2.05, 4.69) is 17.2 Å². The Morgan fingerprint density at radius 1 is 1.38 bits per heavy atom. The highest BCUT2D eigenvalue weighted by Gasteiger charge is 2.43. The second-order valence-electron chi connectivity index (χ2n) is 6.26. The molecule has 2 fully saturated rings. The molecule has 3 unspecified atom stereocenters. The topological polar surface area (TPSA) is 49.3 Å². The van der Waals surface area contributed by atoms with Gasteiger partial charge in [-0.25, -0.2) is 0 Å². The van der Waals surface area contributed by atoms with Crippen LogP contribution < -0.4 is 5.32 Å². The molecule has 2 bridgehead atoms. The molecule has 2 N–H and O–H groups in total. The first-order chi connectivity index (χ1) is 10.2. The molecule has 3 nitrogen and oxygen atoms in total. The van der Waals surface area contributed by atoms with Gasteiger partial charge in [0.25, 0.3) is 0 Å². The number of rotatable bonds is 2. The minimum Gasteiger partial charge on any atom is -0.384 e. The van der Waals surface area contributed by atoms with Crippen LogP contribution in [0.3, 0.4) is 0 Å². The Labute approximate surface area is 125 Å². The molecule has 0 saturated heterocycles. The Morgan fingerprint density at radius 2 is 2.24 bits per heavy atom. The fraction of sp³-hybridized carbons (Fsp3) is 0.500. The number of nitrogens with one attached hydrogen (secondary N) is 1. The second kappa shape index (κ2) is 5.91. The minimum atomic E-state index is -0.137. The van der Waals surface area contributed by atoms with E-state index >= 15 is 0 Å². The van der Waals surface area contributed by atoms with Crippen LogP contribution in [0.15, 0.2) is 18.2 Å². The van der Waals surface area contributed by atoms with Gasteiger partial charge in [0.2, 0.25) is 5.91 Å². The number of fused-ring (bicyclic) bond motifs is 2. The molecule has 0 spiro atoms. The van der Waals surface area contributed by atoms with Crippen molar-refractivity contribution in [2.24, 2.45) is 17.8 Å². The lowest BCUT2D eigenvalue weighted by molar-refractivity contribution is -0.121. The average Bonchev–Trinajstić information content (AvgIpc) is 3.10. The number of aliphatic hydroxyl groups is 1. The summed E-state index contributed by atoms with van der Waals surface area (Å²) in [7, 11) is 0. The molecule has 2 aliphatic rings. The van der Waals surface area contributed by atoms with Crippen molar-refractivity contribution in [2.75, 3.05) is 11.9 Å². The van der Waals surface area contributed by atoms with Crippen molar-refractivity contribution in [2.45, 2.75) is 32.6 Å². The zero-order chi connectivity index (χ0) is 14.8. The predicted octanol–water partition coefficient (Wildman–Crippen LogP) is 2.71. The van der Waals surface area contributed by atoms with Gasteiger partial charge in [-0.2, -0.15) is 0 Å².